The van der Waals surface area contributed by atoms with E-state index >= 15 is 0 Å². The molecule has 0 aromatic heterocycles. The molecule has 196 valence electrons. The van der Waals surface area contributed by atoms with Gasteiger partial charge in [0, 0.05) is 26.2 Å². The number of ether oxygens (including phenoxy) is 1. The van der Waals surface area contributed by atoms with Crippen molar-refractivity contribution in [2.75, 3.05) is 37.7 Å². The second-order valence-electron chi connectivity index (χ2n) is 8.86. The summed E-state index contributed by atoms with van der Waals surface area (Å²) < 4.78 is 33.2. The Bertz CT molecular complexity index is 1440. The van der Waals surface area contributed by atoms with Gasteiger partial charge in [0.1, 0.15) is 11.5 Å². The van der Waals surface area contributed by atoms with Crippen LogP contribution < -0.4 is 9.64 Å². The number of nitrogens with zero attached hydrogens (tertiary/aromatic N) is 3. The number of anilines is 1. The second-order valence-corrected chi connectivity index (χ2v) is 10.8. The molecular weight excluding hydrogens is 510 g/mol. The van der Waals surface area contributed by atoms with Crippen LogP contribution in [-0.4, -0.2) is 73.2 Å². The molecule has 2 aliphatic heterocycles. The zero-order valence-electron chi connectivity index (χ0n) is 20.3. The Hall–Kier alpha value is -4.22. The van der Waals surface area contributed by atoms with Crippen molar-refractivity contribution in [1.82, 2.24) is 9.21 Å². The van der Waals surface area contributed by atoms with E-state index in [1.807, 2.05) is 0 Å². The molecule has 1 fully saturated rings. The average Bonchev–Trinajstić information content (AvgIpc) is 3.19. The number of imide groups is 1. The summed E-state index contributed by atoms with van der Waals surface area (Å²) in [5, 5.41) is 9.31. The average molecular weight is 536 g/mol. The minimum absolute atomic E-state index is 0.0416. The Labute approximate surface area is 219 Å². The highest BCUT2D eigenvalue weighted by molar-refractivity contribution is 7.89. The molecule has 11 heteroatoms. The Morgan fingerprint density at radius 1 is 0.816 bits per heavy atom. The van der Waals surface area contributed by atoms with Gasteiger partial charge in [-0.05, 0) is 60.7 Å². The maximum atomic E-state index is 13.2. The van der Waals surface area contributed by atoms with E-state index in [9.17, 15) is 27.9 Å². The predicted octanol–water partition coefficient (Wildman–Crippen LogP) is 2.49. The van der Waals surface area contributed by atoms with E-state index in [0.29, 0.717) is 22.6 Å². The molecule has 1 N–H and O–H groups in total. The highest BCUT2D eigenvalue weighted by Crippen LogP contribution is 2.29. The quantitative estimate of drug-likeness (QED) is 0.461. The third kappa shape index (κ3) is 4.85. The number of phenolic OH excluding ortho intramolecular Hbond substituents is 1. The molecule has 0 spiro atoms. The van der Waals surface area contributed by atoms with Gasteiger partial charge >= 0.3 is 0 Å². The Kier molecular flexibility index (Phi) is 6.87. The van der Waals surface area contributed by atoms with Crippen LogP contribution in [0.3, 0.4) is 0 Å². The first-order chi connectivity index (χ1) is 18.3. The van der Waals surface area contributed by atoms with Gasteiger partial charge in [0.2, 0.25) is 15.9 Å². The van der Waals surface area contributed by atoms with E-state index in [4.69, 9.17) is 4.74 Å². The SMILES string of the molecule is O=C(CCOc1ccc(O)cc1)N1CCN(S(=O)(=O)c2ccc(N3C(=O)c4ccccc4C3=O)cc2)CC1. The lowest BCUT2D eigenvalue weighted by Crippen LogP contribution is -2.50. The summed E-state index contributed by atoms with van der Waals surface area (Å²) in [4.78, 5) is 40.6. The first-order valence-corrected chi connectivity index (χ1v) is 13.5. The summed E-state index contributed by atoms with van der Waals surface area (Å²) in [5.74, 6) is -0.363. The van der Waals surface area contributed by atoms with Gasteiger partial charge in [-0.1, -0.05) is 12.1 Å². The van der Waals surface area contributed by atoms with Crippen LogP contribution in [-0.2, 0) is 14.8 Å². The number of benzene rings is 3. The number of aromatic hydroxyl groups is 1. The lowest BCUT2D eigenvalue weighted by Gasteiger charge is -2.34. The van der Waals surface area contributed by atoms with Crippen LogP contribution in [0.15, 0.2) is 77.7 Å². The normalized spacial score (nSPS) is 16.0. The van der Waals surface area contributed by atoms with Crippen LogP contribution in [0.5, 0.6) is 11.5 Å². The molecule has 10 nitrogen and oxygen atoms in total. The number of phenols is 1. The smallest absolute Gasteiger partial charge is 0.266 e. The number of hydrogen-bond acceptors (Lipinski definition) is 7. The van der Waals surface area contributed by atoms with E-state index in [0.717, 1.165) is 4.90 Å². The third-order valence-electron chi connectivity index (χ3n) is 6.54. The number of amides is 3. The zero-order valence-corrected chi connectivity index (χ0v) is 21.1. The molecule has 38 heavy (non-hydrogen) atoms. The van der Waals surface area contributed by atoms with Crippen LogP contribution in [0.25, 0.3) is 0 Å². The molecule has 0 bridgehead atoms. The fourth-order valence-corrected chi connectivity index (χ4v) is 5.90. The van der Waals surface area contributed by atoms with Crippen LogP contribution >= 0.6 is 0 Å². The molecule has 1 saturated heterocycles. The highest BCUT2D eigenvalue weighted by atomic mass is 32.2. The topological polar surface area (TPSA) is 125 Å². The Morgan fingerprint density at radius 3 is 1.97 bits per heavy atom. The fraction of sp³-hybridized carbons (Fsp3) is 0.222. The van der Waals surface area contributed by atoms with Crippen LogP contribution in [0.2, 0.25) is 0 Å². The molecule has 0 saturated carbocycles. The zero-order chi connectivity index (χ0) is 26.9. The van der Waals surface area contributed by atoms with Crippen molar-refractivity contribution in [1.29, 1.82) is 0 Å². The lowest BCUT2D eigenvalue weighted by atomic mass is 10.1. The summed E-state index contributed by atoms with van der Waals surface area (Å²) in [6, 6.07) is 18.4. The minimum Gasteiger partial charge on any atom is -0.508 e. The van der Waals surface area contributed by atoms with E-state index in [1.165, 1.54) is 40.7 Å². The first-order valence-electron chi connectivity index (χ1n) is 12.0. The standard InChI is InChI=1S/C27H25N3O7S/c31-20-7-9-21(10-8-20)37-18-13-25(32)28-14-16-29(17-15-28)38(35,36)22-11-5-19(6-12-22)30-26(33)23-3-1-2-4-24(23)27(30)34/h1-12,31H,13-18H2. The van der Waals surface area contributed by atoms with Gasteiger partial charge in [-0.25, -0.2) is 13.3 Å². The number of fused-ring (bicyclic) bond motifs is 1. The predicted molar refractivity (Wildman–Crippen MR) is 138 cm³/mol. The molecule has 0 unspecified atom stereocenters. The first kappa shape index (κ1) is 25.4. The lowest BCUT2D eigenvalue weighted by molar-refractivity contribution is -0.132. The molecule has 2 aliphatic rings. The number of hydrogen-bond donors (Lipinski definition) is 1. The summed E-state index contributed by atoms with van der Waals surface area (Å²) >= 11 is 0. The minimum atomic E-state index is -3.83. The Balaban J connectivity index is 1.17. The number of rotatable bonds is 7. The van der Waals surface area contributed by atoms with Crippen LogP contribution in [0, 0.1) is 0 Å². The van der Waals surface area contributed by atoms with Gasteiger partial charge in [0.25, 0.3) is 11.8 Å². The van der Waals surface area contributed by atoms with Gasteiger partial charge in [-0.15, -0.1) is 0 Å². The van der Waals surface area contributed by atoms with Crippen LogP contribution in [0.1, 0.15) is 27.1 Å². The largest absolute Gasteiger partial charge is 0.508 e. The monoisotopic (exact) mass is 535 g/mol. The Morgan fingerprint density at radius 2 is 1.39 bits per heavy atom. The van der Waals surface area contributed by atoms with Gasteiger partial charge in [-0.3, -0.25) is 14.4 Å². The molecule has 3 amide bonds. The van der Waals surface area contributed by atoms with Gasteiger partial charge in [-0.2, -0.15) is 4.31 Å². The molecule has 0 atom stereocenters. The summed E-state index contributed by atoms with van der Waals surface area (Å²) in [6.45, 7) is 0.969. The van der Waals surface area contributed by atoms with Gasteiger partial charge < -0.3 is 14.7 Å². The second kappa shape index (κ2) is 10.3. The van der Waals surface area contributed by atoms with E-state index in [1.54, 1.807) is 41.3 Å². The van der Waals surface area contributed by atoms with E-state index in [-0.39, 0.29) is 55.8 Å². The number of carbonyl (C=O) groups is 3. The number of carbonyl (C=O) groups excluding carboxylic acids is 3. The summed E-state index contributed by atoms with van der Waals surface area (Å²) in [6.07, 6.45) is 0.146. The van der Waals surface area contributed by atoms with Crippen molar-refractivity contribution in [3.63, 3.8) is 0 Å². The summed E-state index contributed by atoms with van der Waals surface area (Å²) in [5.41, 5.74) is 0.919. The molecule has 0 radical (unpaired) electrons. The van der Waals surface area contributed by atoms with Crippen LogP contribution in [0.4, 0.5) is 5.69 Å². The molecular formula is C27H25N3O7S. The maximum absolute atomic E-state index is 13.2. The van der Waals surface area contributed by atoms with Crippen molar-refractivity contribution in [3.8, 4) is 11.5 Å². The van der Waals surface area contributed by atoms with Crippen molar-refractivity contribution >= 4 is 33.4 Å². The summed E-state index contributed by atoms with van der Waals surface area (Å²) in [7, 11) is -3.83. The van der Waals surface area contributed by atoms with Crippen molar-refractivity contribution < 1.29 is 32.6 Å². The molecule has 5 rings (SSSR count). The number of sulfonamides is 1. The number of piperazine rings is 1. The van der Waals surface area contributed by atoms with E-state index in [2.05, 4.69) is 0 Å². The van der Waals surface area contributed by atoms with Gasteiger partial charge in [0.15, 0.2) is 0 Å². The molecule has 2 heterocycles. The maximum Gasteiger partial charge on any atom is 0.266 e. The molecule has 3 aromatic carbocycles. The van der Waals surface area contributed by atoms with Gasteiger partial charge in [0.05, 0.1) is 34.7 Å². The van der Waals surface area contributed by atoms with Crippen molar-refractivity contribution in [2.24, 2.45) is 0 Å². The third-order valence-corrected chi connectivity index (χ3v) is 8.45. The van der Waals surface area contributed by atoms with Crippen molar-refractivity contribution in [2.45, 2.75) is 11.3 Å². The van der Waals surface area contributed by atoms with E-state index < -0.39 is 21.8 Å². The fourth-order valence-electron chi connectivity index (χ4n) is 4.47. The highest BCUT2D eigenvalue weighted by Gasteiger charge is 2.36. The molecule has 3 aromatic rings. The molecule has 0 aliphatic carbocycles. The van der Waals surface area contributed by atoms with Crippen molar-refractivity contribution in [3.05, 3.63) is 83.9 Å².